The van der Waals surface area contributed by atoms with Crippen molar-refractivity contribution in [3.8, 4) is 34.6 Å². The summed E-state index contributed by atoms with van der Waals surface area (Å²) in [5.41, 5.74) is 0.374. The molecule has 1 N–H and O–H groups in total. The molecular formula is C23H21FN6O6S. The van der Waals surface area contributed by atoms with Crippen molar-refractivity contribution >= 4 is 21.8 Å². The molecule has 192 valence electrons. The number of benzene rings is 1. The zero-order valence-corrected chi connectivity index (χ0v) is 20.7. The Balaban J connectivity index is 1.81. The first-order valence-corrected chi connectivity index (χ1v) is 12.2. The van der Waals surface area contributed by atoms with Crippen LogP contribution in [-0.4, -0.2) is 66.0 Å². The van der Waals surface area contributed by atoms with Crippen LogP contribution in [0.2, 0.25) is 0 Å². The number of methoxy groups -OCH3 is 3. The molecule has 3 aromatic heterocycles. The van der Waals surface area contributed by atoms with Gasteiger partial charge in [0.25, 0.3) is 0 Å². The second-order valence-corrected chi connectivity index (χ2v) is 9.13. The smallest absolute Gasteiger partial charge is 0.243 e. The second kappa shape index (κ2) is 10.6. The molecule has 0 spiro atoms. The van der Waals surface area contributed by atoms with Gasteiger partial charge < -0.3 is 14.2 Å². The van der Waals surface area contributed by atoms with Crippen molar-refractivity contribution in [3.63, 3.8) is 0 Å². The molecule has 0 saturated heterocycles. The van der Waals surface area contributed by atoms with Crippen LogP contribution in [0.4, 0.5) is 10.3 Å². The van der Waals surface area contributed by atoms with Crippen LogP contribution in [0.1, 0.15) is 10.5 Å². The molecule has 0 bridgehead atoms. The molecule has 0 aliphatic rings. The zero-order chi connectivity index (χ0) is 26.6. The van der Waals surface area contributed by atoms with Crippen molar-refractivity contribution in [1.82, 2.24) is 24.7 Å². The third kappa shape index (κ3) is 5.48. The lowest BCUT2D eigenvalue weighted by atomic mass is 10.2. The van der Waals surface area contributed by atoms with Gasteiger partial charge in [-0.3, -0.25) is 19.1 Å². The average Bonchev–Trinajstić information content (AvgIpc) is 3.30. The third-order valence-corrected chi connectivity index (χ3v) is 6.17. The van der Waals surface area contributed by atoms with Crippen molar-refractivity contribution in [2.45, 2.75) is 0 Å². The monoisotopic (exact) mass is 528 g/mol. The summed E-state index contributed by atoms with van der Waals surface area (Å²) in [7, 11) is -0.00613. The second-order valence-electron chi connectivity index (χ2n) is 7.40. The van der Waals surface area contributed by atoms with Crippen LogP contribution in [-0.2, 0) is 10.0 Å². The van der Waals surface area contributed by atoms with Crippen molar-refractivity contribution in [3.05, 3.63) is 66.2 Å². The number of hydrogen-bond acceptors (Lipinski definition) is 10. The third-order valence-electron chi connectivity index (χ3n) is 5.03. The number of para-hydroxylation sites is 1. The van der Waals surface area contributed by atoms with Gasteiger partial charge in [-0.1, -0.05) is 12.1 Å². The number of ketones is 1. The van der Waals surface area contributed by atoms with E-state index < -0.39 is 27.4 Å². The fraction of sp³-hybridized carbons (Fsp3) is 0.174. The molecule has 12 nitrogen and oxygen atoms in total. The number of carbonyl (C=O) groups excluding carboxylic acids is 1. The Kier molecular flexibility index (Phi) is 7.29. The summed E-state index contributed by atoms with van der Waals surface area (Å²) in [6, 6.07) is 12.0. The number of anilines is 1. The van der Waals surface area contributed by atoms with Crippen molar-refractivity contribution in [1.29, 1.82) is 0 Å². The Morgan fingerprint density at radius 3 is 2.30 bits per heavy atom. The standard InChI is InChI=1S/C23H21FN6O6S/c1-34-18-7-5-8-19(35-2)21(18)30-22(16-6-4-9-20(26-16)36-3)27-28-23(30)29-37(32,33)13-17(31)15-11-10-14(24)12-25-15/h4-12H,13H2,1-3H3,(H,28,29). The Labute approximate surface area is 211 Å². The zero-order valence-electron chi connectivity index (χ0n) is 19.9. The van der Waals surface area contributed by atoms with E-state index in [1.54, 1.807) is 36.4 Å². The van der Waals surface area contributed by atoms with Gasteiger partial charge in [0, 0.05) is 6.07 Å². The normalized spacial score (nSPS) is 11.1. The highest BCUT2D eigenvalue weighted by molar-refractivity contribution is 7.93. The number of pyridine rings is 2. The van der Waals surface area contributed by atoms with Gasteiger partial charge in [-0.15, -0.1) is 10.2 Å². The number of nitrogens with zero attached hydrogens (tertiary/aromatic N) is 5. The Morgan fingerprint density at radius 2 is 1.68 bits per heavy atom. The molecule has 0 fully saturated rings. The molecule has 0 aliphatic heterocycles. The molecular weight excluding hydrogens is 507 g/mol. The molecule has 1 aromatic carbocycles. The molecule has 3 heterocycles. The summed E-state index contributed by atoms with van der Waals surface area (Å²) in [5.74, 6) is -1.69. The fourth-order valence-corrected chi connectivity index (χ4v) is 4.37. The lowest BCUT2D eigenvalue weighted by Crippen LogP contribution is -2.25. The van der Waals surface area contributed by atoms with Gasteiger partial charge in [-0.05, 0) is 30.3 Å². The summed E-state index contributed by atoms with van der Waals surface area (Å²) in [6.45, 7) is 0. The summed E-state index contributed by atoms with van der Waals surface area (Å²) in [5, 5.41) is 8.14. The highest BCUT2D eigenvalue weighted by Crippen LogP contribution is 2.37. The first-order chi connectivity index (χ1) is 17.8. The largest absolute Gasteiger partial charge is 0.494 e. The van der Waals surface area contributed by atoms with Crippen LogP contribution in [0.15, 0.2) is 54.7 Å². The van der Waals surface area contributed by atoms with E-state index in [4.69, 9.17) is 14.2 Å². The van der Waals surface area contributed by atoms with E-state index in [9.17, 15) is 17.6 Å². The van der Waals surface area contributed by atoms with E-state index >= 15 is 0 Å². The van der Waals surface area contributed by atoms with E-state index in [1.165, 1.54) is 25.9 Å². The maximum atomic E-state index is 13.1. The minimum atomic E-state index is -4.33. The maximum absolute atomic E-state index is 13.1. The summed E-state index contributed by atoms with van der Waals surface area (Å²) < 4.78 is 58.9. The van der Waals surface area contributed by atoms with Gasteiger partial charge in [-0.25, -0.2) is 17.8 Å². The number of sulfonamides is 1. The topological polar surface area (TPSA) is 147 Å². The minimum Gasteiger partial charge on any atom is -0.494 e. The van der Waals surface area contributed by atoms with Crippen LogP contribution in [0.5, 0.6) is 17.4 Å². The van der Waals surface area contributed by atoms with E-state index in [0.29, 0.717) is 23.1 Å². The van der Waals surface area contributed by atoms with E-state index in [2.05, 4.69) is 24.9 Å². The summed E-state index contributed by atoms with van der Waals surface area (Å²) >= 11 is 0. The molecule has 0 unspecified atom stereocenters. The number of ether oxygens (including phenoxy) is 3. The number of nitrogens with one attached hydrogen (secondary N) is 1. The van der Waals surface area contributed by atoms with Crippen LogP contribution in [0, 0.1) is 5.82 Å². The maximum Gasteiger partial charge on any atom is 0.243 e. The number of hydrogen-bond donors (Lipinski definition) is 1. The molecule has 0 amide bonds. The summed E-state index contributed by atoms with van der Waals surface area (Å²) in [4.78, 5) is 20.5. The van der Waals surface area contributed by atoms with Gasteiger partial charge >= 0.3 is 0 Å². The minimum absolute atomic E-state index is 0.130. The number of halogens is 1. The molecule has 0 radical (unpaired) electrons. The van der Waals surface area contributed by atoms with Crippen molar-refractivity contribution in [2.24, 2.45) is 0 Å². The predicted octanol–water partition coefficient (Wildman–Crippen LogP) is 2.51. The quantitative estimate of drug-likeness (QED) is 0.305. The first-order valence-electron chi connectivity index (χ1n) is 10.6. The Morgan fingerprint density at radius 1 is 0.973 bits per heavy atom. The van der Waals surface area contributed by atoms with Gasteiger partial charge in [0.05, 0.1) is 27.5 Å². The molecule has 37 heavy (non-hydrogen) atoms. The van der Waals surface area contributed by atoms with Crippen LogP contribution in [0.25, 0.3) is 17.2 Å². The molecule has 4 rings (SSSR count). The molecule has 0 aliphatic carbocycles. The van der Waals surface area contributed by atoms with Crippen molar-refractivity contribution < 1.29 is 31.8 Å². The number of aromatic nitrogens is 5. The fourth-order valence-electron chi connectivity index (χ4n) is 3.40. The molecule has 0 saturated carbocycles. The first kappa shape index (κ1) is 25.5. The lowest BCUT2D eigenvalue weighted by Gasteiger charge is -2.17. The molecule has 4 aromatic rings. The van der Waals surface area contributed by atoms with Crippen LogP contribution in [0.3, 0.4) is 0 Å². The number of rotatable bonds is 10. The van der Waals surface area contributed by atoms with E-state index in [1.807, 2.05) is 0 Å². The highest BCUT2D eigenvalue weighted by Gasteiger charge is 2.27. The SMILES string of the molecule is COc1cccc(-c2nnc(NS(=O)(=O)CC(=O)c3ccc(F)cn3)n2-c2c(OC)cccc2OC)n1. The molecule has 0 atom stereocenters. The van der Waals surface area contributed by atoms with Crippen LogP contribution < -0.4 is 18.9 Å². The average molecular weight is 529 g/mol. The van der Waals surface area contributed by atoms with Gasteiger partial charge in [0.2, 0.25) is 21.9 Å². The Hall–Kier alpha value is -4.59. The van der Waals surface area contributed by atoms with Crippen molar-refractivity contribution in [2.75, 3.05) is 31.8 Å². The van der Waals surface area contributed by atoms with Gasteiger partial charge in [0.1, 0.15) is 40.1 Å². The lowest BCUT2D eigenvalue weighted by molar-refractivity contribution is 0.101. The predicted molar refractivity (Wildman–Crippen MR) is 130 cm³/mol. The van der Waals surface area contributed by atoms with E-state index in [0.717, 1.165) is 18.3 Å². The van der Waals surface area contributed by atoms with Gasteiger partial charge in [0.15, 0.2) is 11.6 Å². The number of carbonyl (C=O) groups is 1. The van der Waals surface area contributed by atoms with E-state index in [-0.39, 0.29) is 23.2 Å². The number of Topliss-reactive ketones (excluding diaryl/α,β-unsaturated/α-hetero) is 1. The highest BCUT2D eigenvalue weighted by atomic mass is 32.2. The van der Waals surface area contributed by atoms with Gasteiger partial charge in [-0.2, -0.15) is 0 Å². The van der Waals surface area contributed by atoms with Crippen LogP contribution >= 0.6 is 0 Å². The molecule has 14 heteroatoms. The Bertz CT molecular complexity index is 1520. The summed E-state index contributed by atoms with van der Waals surface area (Å²) in [6.07, 6.45) is 0.825.